The van der Waals surface area contributed by atoms with Gasteiger partial charge in [0.2, 0.25) is 0 Å². The van der Waals surface area contributed by atoms with Gasteiger partial charge in [-0.05, 0) is 35.7 Å². The van der Waals surface area contributed by atoms with Crippen LogP contribution in [0.3, 0.4) is 0 Å². The molecule has 4 heteroatoms. The number of aliphatic hydroxyl groups excluding tert-OH is 1. The lowest BCUT2D eigenvalue weighted by Crippen LogP contribution is -2.34. The summed E-state index contributed by atoms with van der Waals surface area (Å²) in [5, 5.41) is 14.0. The Morgan fingerprint density at radius 1 is 1.14 bits per heavy atom. The van der Waals surface area contributed by atoms with E-state index >= 15 is 0 Å². The molecule has 0 unspecified atom stereocenters. The zero-order valence-corrected chi connectivity index (χ0v) is 12.2. The van der Waals surface area contributed by atoms with Crippen LogP contribution in [0.1, 0.15) is 11.1 Å². The summed E-state index contributed by atoms with van der Waals surface area (Å²) in [6.07, 6.45) is 2.70. The van der Waals surface area contributed by atoms with Gasteiger partial charge in [-0.25, -0.2) is 4.39 Å². The molecule has 0 aliphatic carbocycles. The molecular weight excluding hydrogens is 279 g/mol. The number of halogens is 1. The zero-order chi connectivity index (χ0) is 15.4. The number of hydrogen-bond acceptors (Lipinski definition) is 2. The average molecular weight is 298 g/mol. The SMILES string of the molecule is OC[C@@H](Cc1c[nH]c2ccccc12)NCc1cccc(F)c1. The van der Waals surface area contributed by atoms with Crippen LogP contribution in [0.25, 0.3) is 10.9 Å². The normalized spacial score (nSPS) is 12.6. The Labute approximate surface area is 128 Å². The van der Waals surface area contributed by atoms with E-state index in [2.05, 4.69) is 16.4 Å². The molecule has 3 N–H and O–H groups in total. The highest BCUT2D eigenvalue weighted by Gasteiger charge is 2.11. The number of hydrogen-bond donors (Lipinski definition) is 3. The van der Waals surface area contributed by atoms with Crippen LogP contribution in [0.4, 0.5) is 4.39 Å². The number of benzene rings is 2. The van der Waals surface area contributed by atoms with Crippen LogP contribution >= 0.6 is 0 Å². The lowest BCUT2D eigenvalue weighted by Gasteiger charge is -2.16. The van der Waals surface area contributed by atoms with Gasteiger partial charge in [-0.15, -0.1) is 0 Å². The van der Waals surface area contributed by atoms with Gasteiger partial charge in [-0.1, -0.05) is 30.3 Å². The molecule has 0 fully saturated rings. The number of para-hydroxylation sites is 1. The van der Waals surface area contributed by atoms with Crippen LogP contribution < -0.4 is 5.32 Å². The Morgan fingerprint density at radius 3 is 2.82 bits per heavy atom. The van der Waals surface area contributed by atoms with E-state index in [-0.39, 0.29) is 18.5 Å². The van der Waals surface area contributed by atoms with Crippen LogP contribution in [0, 0.1) is 5.82 Å². The first-order valence-corrected chi connectivity index (χ1v) is 7.40. The molecule has 114 valence electrons. The second-order valence-corrected chi connectivity index (χ2v) is 5.45. The number of aromatic nitrogens is 1. The molecule has 0 bridgehead atoms. The van der Waals surface area contributed by atoms with E-state index in [1.54, 1.807) is 6.07 Å². The van der Waals surface area contributed by atoms with Crippen molar-refractivity contribution in [3.05, 3.63) is 71.7 Å². The summed E-state index contributed by atoms with van der Waals surface area (Å²) in [4.78, 5) is 3.24. The molecule has 0 aliphatic heterocycles. The molecule has 1 heterocycles. The molecule has 0 saturated heterocycles. The molecule has 3 nitrogen and oxygen atoms in total. The molecule has 1 atom stereocenters. The van der Waals surface area contributed by atoms with Crippen molar-refractivity contribution >= 4 is 10.9 Å². The fraction of sp³-hybridized carbons (Fsp3) is 0.222. The lowest BCUT2D eigenvalue weighted by atomic mass is 10.1. The van der Waals surface area contributed by atoms with Crippen molar-refractivity contribution in [3.63, 3.8) is 0 Å². The second kappa shape index (κ2) is 6.73. The van der Waals surface area contributed by atoms with Crippen LogP contribution in [-0.4, -0.2) is 22.7 Å². The molecule has 0 amide bonds. The molecule has 0 saturated carbocycles. The van der Waals surface area contributed by atoms with Crippen molar-refractivity contribution < 1.29 is 9.50 Å². The van der Waals surface area contributed by atoms with Crippen molar-refractivity contribution in [2.24, 2.45) is 0 Å². The van der Waals surface area contributed by atoms with Crippen molar-refractivity contribution in [2.45, 2.75) is 19.0 Å². The summed E-state index contributed by atoms with van der Waals surface area (Å²) in [6, 6.07) is 14.5. The third kappa shape index (κ3) is 3.35. The van der Waals surface area contributed by atoms with Crippen LogP contribution in [-0.2, 0) is 13.0 Å². The predicted molar refractivity (Wildman–Crippen MR) is 86.1 cm³/mol. The molecule has 2 aromatic carbocycles. The molecule has 3 rings (SSSR count). The Morgan fingerprint density at radius 2 is 2.00 bits per heavy atom. The van der Waals surface area contributed by atoms with Gasteiger partial charge in [-0.3, -0.25) is 0 Å². The van der Waals surface area contributed by atoms with E-state index in [1.165, 1.54) is 23.1 Å². The summed E-state index contributed by atoms with van der Waals surface area (Å²) in [5.74, 6) is -0.239. The first-order valence-electron chi connectivity index (χ1n) is 7.40. The number of H-pyrrole nitrogens is 1. The molecule has 0 spiro atoms. The fourth-order valence-corrected chi connectivity index (χ4v) is 2.68. The quantitative estimate of drug-likeness (QED) is 0.655. The van der Waals surface area contributed by atoms with E-state index < -0.39 is 0 Å². The number of fused-ring (bicyclic) bond motifs is 1. The molecule has 0 radical (unpaired) electrons. The van der Waals surface area contributed by atoms with Crippen LogP contribution in [0.5, 0.6) is 0 Å². The van der Waals surface area contributed by atoms with Gasteiger partial charge in [0.15, 0.2) is 0 Å². The molecule has 22 heavy (non-hydrogen) atoms. The highest BCUT2D eigenvalue weighted by Crippen LogP contribution is 2.19. The molecule has 0 aliphatic rings. The van der Waals surface area contributed by atoms with Crippen molar-refractivity contribution in [2.75, 3.05) is 6.61 Å². The van der Waals surface area contributed by atoms with Gasteiger partial charge in [0.05, 0.1) is 6.61 Å². The van der Waals surface area contributed by atoms with Gasteiger partial charge >= 0.3 is 0 Å². The first kappa shape index (κ1) is 14.8. The van der Waals surface area contributed by atoms with Crippen molar-refractivity contribution in [3.8, 4) is 0 Å². The van der Waals surface area contributed by atoms with E-state index in [0.29, 0.717) is 6.54 Å². The Bertz CT molecular complexity index is 753. The topological polar surface area (TPSA) is 48.0 Å². The summed E-state index contributed by atoms with van der Waals surface area (Å²) >= 11 is 0. The standard InChI is InChI=1S/C18H19FN2O/c19-15-5-3-4-13(8-15)10-20-16(12-22)9-14-11-21-18-7-2-1-6-17(14)18/h1-8,11,16,20-22H,9-10,12H2/t16-/m1/s1. The highest BCUT2D eigenvalue weighted by molar-refractivity contribution is 5.83. The van der Waals surface area contributed by atoms with E-state index in [1.807, 2.05) is 30.5 Å². The maximum atomic E-state index is 13.2. The summed E-state index contributed by atoms with van der Waals surface area (Å²) in [7, 11) is 0. The molecule has 3 aromatic rings. The third-order valence-corrected chi connectivity index (χ3v) is 3.85. The lowest BCUT2D eigenvalue weighted by molar-refractivity contribution is 0.241. The summed E-state index contributed by atoms with van der Waals surface area (Å²) in [6.45, 7) is 0.570. The predicted octanol–water partition coefficient (Wildman–Crippen LogP) is 3.00. The Hall–Kier alpha value is -2.17. The van der Waals surface area contributed by atoms with E-state index in [0.717, 1.165) is 17.5 Å². The Balaban J connectivity index is 1.67. The average Bonchev–Trinajstić information content (AvgIpc) is 2.94. The van der Waals surface area contributed by atoms with Gasteiger partial charge in [-0.2, -0.15) is 0 Å². The van der Waals surface area contributed by atoms with Crippen LogP contribution in [0.2, 0.25) is 0 Å². The van der Waals surface area contributed by atoms with Gasteiger partial charge < -0.3 is 15.4 Å². The Kier molecular flexibility index (Phi) is 4.51. The zero-order valence-electron chi connectivity index (χ0n) is 12.2. The van der Waals surface area contributed by atoms with Crippen LogP contribution in [0.15, 0.2) is 54.7 Å². The minimum Gasteiger partial charge on any atom is -0.395 e. The van der Waals surface area contributed by atoms with Crippen molar-refractivity contribution in [1.82, 2.24) is 10.3 Å². The fourth-order valence-electron chi connectivity index (χ4n) is 2.68. The molecule has 1 aromatic heterocycles. The van der Waals surface area contributed by atoms with Gasteiger partial charge in [0.1, 0.15) is 5.82 Å². The summed E-state index contributed by atoms with van der Waals surface area (Å²) < 4.78 is 13.2. The van der Waals surface area contributed by atoms with Crippen molar-refractivity contribution in [1.29, 1.82) is 0 Å². The highest BCUT2D eigenvalue weighted by atomic mass is 19.1. The molecular formula is C18H19FN2O. The maximum absolute atomic E-state index is 13.2. The second-order valence-electron chi connectivity index (χ2n) is 5.45. The first-order chi connectivity index (χ1) is 10.8. The number of aliphatic hydroxyl groups is 1. The minimum absolute atomic E-state index is 0.0365. The largest absolute Gasteiger partial charge is 0.395 e. The van der Waals surface area contributed by atoms with Gasteiger partial charge in [0, 0.05) is 29.7 Å². The minimum atomic E-state index is -0.239. The number of rotatable bonds is 6. The van der Waals surface area contributed by atoms with Gasteiger partial charge in [0.25, 0.3) is 0 Å². The number of aromatic amines is 1. The number of nitrogens with one attached hydrogen (secondary N) is 2. The summed E-state index contributed by atoms with van der Waals surface area (Å²) in [5.41, 5.74) is 3.14. The van der Waals surface area contributed by atoms with E-state index in [4.69, 9.17) is 0 Å². The maximum Gasteiger partial charge on any atom is 0.123 e. The smallest absolute Gasteiger partial charge is 0.123 e. The van der Waals surface area contributed by atoms with E-state index in [9.17, 15) is 9.50 Å². The third-order valence-electron chi connectivity index (χ3n) is 3.85. The monoisotopic (exact) mass is 298 g/mol.